The van der Waals surface area contributed by atoms with Gasteiger partial charge in [-0.05, 0) is 49.7 Å². The second-order valence-electron chi connectivity index (χ2n) is 6.82. The van der Waals surface area contributed by atoms with Gasteiger partial charge in [0.15, 0.2) is 0 Å². The Labute approximate surface area is 164 Å². The number of benzene rings is 1. The van der Waals surface area contributed by atoms with E-state index in [-0.39, 0.29) is 0 Å². The molecule has 0 aliphatic carbocycles. The molecule has 7 heteroatoms. The van der Waals surface area contributed by atoms with E-state index < -0.39 is 0 Å². The molecule has 1 aromatic carbocycles. The Morgan fingerprint density at radius 1 is 1.14 bits per heavy atom. The number of fused-ring (bicyclic) bond motifs is 1. The summed E-state index contributed by atoms with van der Waals surface area (Å²) in [6.45, 7) is 4.22. The van der Waals surface area contributed by atoms with Crippen molar-refractivity contribution in [1.82, 2.24) is 19.9 Å². The largest absolute Gasteiger partial charge is 0.480 e. The molecule has 0 radical (unpaired) electrons. The van der Waals surface area contributed by atoms with Crippen LogP contribution >= 0.6 is 0 Å². The fourth-order valence-corrected chi connectivity index (χ4v) is 3.57. The lowest BCUT2D eigenvalue weighted by atomic mass is 10.0. The number of anilines is 1. The molecule has 1 N–H and O–H groups in total. The average Bonchev–Trinajstić information content (AvgIpc) is 3.26. The molecule has 1 saturated heterocycles. The van der Waals surface area contributed by atoms with Crippen molar-refractivity contribution in [2.75, 3.05) is 38.6 Å². The number of likely N-dealkylation sites (tertiary alicyclic amines) is 1. The SMILES string of the molecule is COc1ncc(-c2ccc3ncnc(NCCN4CCCC4)c3c2)cc1C#N. The van der Waals surface area contributed by atoms with E-state index in [1.165, 1.54) is 33.0 Å². The lowest BCUT2D eigenvalue weighted by Crippen LogP contribution is -2.26. The minimum Gasteiger partial charge on any atom is -0.480 e. The third kappa shape index (κ3) is 3.73. The van der Waals surface area contributed by atoms with Crippen molar-refractivity contribution in [2.45, 2.75) is 12.8 Å². The summed E-state index contributed by atoms with van der Waals surface area (Å²) in [5, 5.41) is 13.7. The zero-order chi connectivity index (χ0) is 19.3. The van der Waals surface area contributed by atoms with Gasteiger partial charge in [0.1, 0.15) is 23.8 Å². The first-order valence-electron chi connectivity index (χ1n) is 9.44. The van der Waals surface area contributed by atoms with Crippen LogP contribution in [-0.4, -0.2) is 53.1 Å². The van der Waals surface area contributed by atoms with E-state index in [1.807, 2.05) is 18.2 Å². The Bertz CT molecular complexity index is 1020. The number of nitrogens with one attached hydrogen (secondary N) is 1. The number of hydrogen-bond donors (Lipinski definition) is 1. The van der Waals surface area contributed by atoms with Crippen molar-refractivity contribution in [2.24, 2.45) is 0 Å². The molecular formula is C21H22N6O. The second-order valence-corrected chi connectivity index (χ2v) is 6.82. The molecule has 0 amide bonds. The molecule has 28 heavy (non-hydrogen) atoms. The van der Waals surface area contributed by atoms with Crippen LogP contribution in [0.3, 0.4) is 0 Å². The number of pyridine rings is 1. The van der Waals surface area contributed by atoms with E-state index in [2.05, 4.69) is 31.2 Å². The van der Waals surface area contributed by atoms with Crippen molar-refractivity contribution >= 4 is 16.7 Å². The Balaban J connectivity index is 1.61. The van der Waals surface area contributed by atoms with Gasteiger partial charge in [-0.1, -0.05) is 6.07 Å². The standard InChI is InChI=1S/C21H22N6O/c1-28-21-16(12-22)10-17(13-24-21)15-4-5-19-18(11-15)20(26-14-25-19)23-6-9-27-7-2-3-8-27/h4-5,10-11,13-14H,2-3,6-9H2,1H3,(H,23,25,26). The summed E-state index contributed by atoms with van der Waals surface area (Å²) >= 11 is 0. The van der Waals surface area contributed by atoms with Crippen LogP contribution in [0.25, 0.3) is 22.0 Å². The van der Waals surface area contributed by atoms with Gasteiger partial charge in [-0.3, -0.25) is 0 Å². The van der Waals surface area contributed by atoms with Gasteiger partial charge >= 0.3 is 0 Å². The van der Waals surface area contributed by atoms with Crippen LogP contribution < -0.4 is 10.1 Å². The highest BCUT2D eigenvalue weighted by Gasteiger charge is 2.12. The summed E-state index contributed by atoms with van der Waals surface area (Å²) in [7, 11) is 1.51. The average molecular weight is 374 g/mol. The van der Waals surface area contributed by atoms with Crippen molar-refractivity contribution < 1.29 is 4.74 Å². The molecule has 1 fully saturated rings. The van der Waals surface area contributed by atoms with Gasteiger partial charge in [-0.25, -0.2) is 15.0 Å². The molecule has 0 unspecified atom stereocenters. The van der Waals surface area contributed by atoms with Crippen LogP contribution in [0.2, 0.25) is 0 Å². The van der Waals surface area contributed by atoms with Gasteiger partial charge in [-0.2, -0.15) is 5.26 Å². The zero-order valence-electron chi connectivity index (χ0n) is 15.9. The molecule has 2 aromatic heterocycles. The molecule has 4 rings (SSSR count). The molecule has 3 aromatic rings. The number of hydrogen-bond acceptors (Lipinski definition) is 7. The first-order chi connectivity index (χ1) is 13.8. The van der Waals surface area contributed by atoms with Crippen molar-refractivity contribution in [3.05, 3.63) is 42.4 Å². The van der Waals surface area contributed by atoms with Crippen LogP contribution in [0, 0.1) is 11.3 Å². The number of aromatic nitrogens is 3. The predicted molar refractivity (Wildman–Crippen MR) is 108 cm³/mol. The summed E-state index contributed by atoms with van der Waals surface area (Å²) in [5.41, 5.74) is 3.10. The van der Waals surface area contributed by atoms with Crippen LogP contribution in [0.15, 0.2) is 36.8 Å². The van der Waals surface area contributed by atoms with E-state index in [4.69, 9.17) is 4.74 Å². The normalized spacial score (nSPS) is 14.1. The number of methoxy groups -OCH3 is 1. The van der Waals surface area contributed by atoms with Gasteiger partial charge < -0.3 is 15.0 Å². The number of nitriles is 1. The number of nitrogens with zero attached hydrogens (tertiary/aromatic N) is 5. The Morgan fingerprint density at radius 2 is 2.00 bits per heavy atom. The molecule has 7 nitrogen and oxygen atoms in total. The smallest absolute Gasteiger partial charge is 0.231 e. The Kier molecular flexibility index (Phi) is 5.31. The quantitative estimate of drug-likeness (QED) is 0.709. The summed E-state index contributed by atoms with van der Waals surface area (Å²) in [6.07, 6.45) is 5.88. The van der Waals surface area contributed by atoms with Gasteiger partial charge in [0, 0.05) is 30.2 Å². The fraction of sp³-hybridized carbons (Fsp3) is 0.333. The van der Waals surface area contributed by atoms with Crippen molar-refractivity contribution in [3.63, 3.8) is 0 Å². The van der Waals surface area contributed by atoms with Gasteiger partial charge in [0.2, 0.25) is 5.88 Å². The van der Waals surface area contributed by atoms with Crippen molar-refractivity contribution in [3.8, 4) is 23.1 Å². The van der Waals surface area contributed by atoms with E-state index in [0.717, 1.165) is 40.9 Å². The van der Waals surface area contributed by atoms with Gasteiger partial charge in [0.25, 0.3) is 0 Å². The highest BCUT2D eigenvalue weighted by molar-refractivity contribution is 5.92. The minimum atomic E-state index is 0.333. The van der Waals surface area contributed by atoms with Crippen LogP contribution in [0.5, 0.6) is 5.88 Å². The molecule has 0 bridgehead atoms. The molecule has 1 aliphatic rings. The van der Waals surface area contributed by atoms with E-state index in [0.29, 0.717) is 11.4 Å². The molecule has 142 valence electrons. The third-order valence-electron chi connectivity index (χ3n) is 5.05. The first kappa shape index (κ1) is 18.1. The summed E-state index contributed by atoms with van der Waals surface area (Å²) in [6, 6.07) is 9.91. The first-order valence-corrected chi connectivity index (χ1v) is 9.44. The predicted octanol–water partition coefficient (Wildman–Crippen LogP) is 3.08. The monoisotopic (exact) mass is 374 g/mol. The minimum absolute atomic E-state index is 0.333. The Morgan fingerprint density at radius 3 is 2.79 bits per heavy atom. The molecule has 1 aliphatic heterocycles. The van der Waals surface area contributed by atoms with Gasteiger partial charge in [-0.15, -0.1) is 0 Å². The highest BCUT2D eigenvalue weighted by Crippen LogP contribution is 2.28. The molecule has 0 spiro atoms. The lowest BCUT2D eigenvalue weighted by molar-refractivity contribution is 0.352. The number of rotatable bonds is 6. The van der Waals surface area contributed by atoms with Crippen LogP contribution in [0.1, 0.15) is 18.4 Å². The van der Waals surface area contributed by atoms with Crippen LogP contribution in [-0.2, 0) is 0 Å². The maximum Gasteiger partial charge on any atom is 0.231 e. The maximum absolute atomic E-state index is 9.32. The number of ether oxygens (including phenoxy) is 1. The summed E-state index contributed by atoms with van der Waals surface area (Å²) in [5.74, 6) is 1.16. The second kappa shape index (κ2) is 8.19. The maximum atomic E-state index is 9.32. The highest BCUT2D eigenvalue weighted by atomic mass is 16.5. The summed E-state index contributed by atoms with van der Waals surface area (Å²) < 4.78 is 5.14. The molecule has 3 heterocycles. The molecule has 0 atom stereocenters. The summed E-state index contributed by atoms with van der Waals surface area (Å²) in [4.78, 5) is 15.5. The topological polar surface area (TPSA) is 87.0 Å². The Hall–Kier alpha value is -3.24. The third-order valence-corrected chi connectivity index (χ3v) is 5.05. The lowest BCUT2D eigenvalue weighted by Gasteiger charge is -2.15. The molecule has 0 saturated carbocycles. The van der Waals surface area contributed by atoms with E-state index >= 15 is 0 Å². The molecular weight excluding hydrogens is 352 g/mol. The van der Waals surface area contributed by atoms with E-state index in [9.17, 15) is 5.26 Å². The van der Waals surface area contributed by atoms with Crippen LogP contribution in [0.4, 0.5) is 5.82 Å². The fourth-order valence-electron chi connectivity index (χ4n) is 3.57. The van der Waals surface area contributed by atoms with Gasteiger partial charge in [0.05, 0.1) is 12.6 Å². The zero-order valence-corrected chi connectivity index (χ0v) is 15.9. The van der Waals surface area contributed by atoms with Crippen molar-refractivity contribution in [1.29, 1.82) is 5.26 Å². The van der Waals surface area contributed by atoms with E-state index in [1.54, 1.807) is 18.6 Å².